The fourth-order valence-electron chi connectivity index (χ4n) is 3.46. The number of aliphatic hydroxyl groups excluding tert-OH is 1. The number of ether oxygens (including phenoxy) is 1. The third-order valence-electron chi connectivity index (χ3n) is 5.36. The minimum atomic E-state index is -3.08. The number of alkyl halides is 2. The molecule has 3 aromatic rings. The summed E-state index contributed by atoms with van der Waals surface area (Å²) in [5.41, 5.74) is 1.68. The number of amides is 1. The van der Waals surface area contributed by atoms with Crippen molar-refractivity contribution < 1.29 is 28.5 Å². The van der Waals surface area contributed by atoms with Gasteiger partial charge < -0.3 is 25.6 Å². The van der Waals surface area contributed by atoms with Crippen LogP contribution in [0.25, 0.3) is 0 Å². The lowest BCUT2D eigenvalue weighted by atomic mass is 10.1. The second-order valence-corrected chi connectivity index (χ2v) is 8.07. The number of anilines is 1. The van der Waals surface area contributed by atoms with Crippen molar-refractivity contribution in [2.75, 3.05) is 18.5 Å². The predicted octanol–water partition coefficient (Wildman–Crippen LogP) is 4.39. The summed E-state index contributed by atoms with van der Waals surface area (Å²) in [7, 11) is 0. The zero-order valence-corrected chi connectivity index (χ0v) is 18.7. The molecule has 4 N–H and O–H groups in total. The first-order valence-corrected chi connectivity index (χ1v) is 10.9. The van der Waals surface area contributed by atoms with Crippen LogP contribution in [0.5, 0.6) is 11.5 Å². The van der Waals surface area contributed by atoms with E-state index in [4.69, 9.17) is 4.74 Å². The van der Waals surface area contributed by atoms with Gasteiger partial charge in [0.05, 0.1) is 11.8 Å². The standard InChI is InChI=1S/C26H28F2N2O4/c1-18(29-15-25(33)20-9-12-24(32)23(14-20)30-17-31)13-19-7-10-22(11-8-19)34-16-26(27,28)21-5-3-2-4-6-21/h2-12,14,17-18,25,29,32-33H,13,15-16H2,1H3,(H,30,31). The second kappa shape index (κ2) is 11.6. The monoisotopic (exact) mass is 470 g/mol. The number of nitrogens with one attached hydrogen (secondary N) is 2. The minimum absolute atomic E-state index is 0.0218. The maximum atomic E-state index is 14.3. The van der Waals surface area contributed by atoms with Crippen molar-refractivity contribution in [1.29, 1.82) is 0 Å². The molecule has 0 saturated heterocycles. The topological polar surface area (TPSA) is 90.8 Å². The summed E-state index contributed by atoms with van der Waals surface area (Å²) in [4.78, 5) is 10.6. The Morgan fingerprint density at radius 3 is 2.44 bits per heavy atom. The number of halogens is 2. The minimum Gasteiger partial charge on any atom is -0.506 e. The molecule has 2 atom stereocenters. The van der Waals surface area contributed by atoms with E-state index in [-0.39, 0.29) is 29.6 Å². The number of carbonyl (C=O) groups is 1. The van der Waals surface area contributed by atoms with E-state index in [0.717, 1.165) is 5.56 Å². The summed E-state index contributed by atoms with van der Waals surface area (Å²) in [5.74, 6) is -2.80. The van der Waals surface area contributed by atoms with Gasteiger partial charge in [-0.1, -0.05) is 48.5 Å². The Balaban J connectivity index is 1.47. The Bertz CT molecular complexity index is 1060. The normalized spacial score (nSPS) is 13.2. The molecule has 8 heteroatoms. The number of carbonyl (C=O) groups excluding carboxylic acids is 1. The molecular formula is C26H28F2N2O4. The van der Waals surface area contributed by atoms with Crippen molar-refractivity contribution in [3.63, 3.8) is 0 Å². The van der Waals surface area contributed by atoms with Gasteiger partial charge in [0.1, 0.15) is 11.5 Å². The molecule has 0 aliphatic heterocycles. The molecule has 0 aliphatic carbocycles. The summed E-state index contributed by atoms with van der Waals surface area (Å²) in [5, 5.41) is 25.8. The number of phenols is 1. The van der Waals surface area contributed by atoms with Gasteiger partial charge in [-0.15, -0.1) is 0 Å². The van der Waals surface area contributed by atoms with Gasteiger partial charge in [-0.3, -0.25) is 4.79 Å². The highest BCUT2D eigenvalue weighted by atomic mass is 19.3. The van der Waals surface area contributed by atoms with Crippen LogP contribution in [0.1, 0.15) is 29.7 Å². The fourth-order valence-corrected chi connectivity index (χ4v) is 3.46. The summed E-state index contributed by atoms with van der Waals surface area (Å²) >= 11 is 0. The molecule has 0 spiro atoms. The number of aromatic hydroxyl groups is 1. The molecule has 2 unspecified atom stereocenters. The lowest BCUT2D eigenvalue weighted by Gasteiger charge is -2.19. The van der Waals surface area contributed by atoms with Gasteiger partial charge in [-0.25, -0.2) is 0 Å². The molecular weight excluding hydrogens is 442 g/mol. The van der Waals surface area contributed by atoms with Gasteiger partial charge in [-0.05, 0) is 48.7 Å². The van der Waals surface area contributed by atoms with Gasteiger partial charge in [0.25, 0.3) is 0 Å². The summed E-state index contributed by atoms with van der Waals surface area (Å²) in [6.07, 6.45) is 0.273. The molecule has 3 aromatic carbocycles. The Kier molecular flexibility index (Phi) is 8.56. The van der Waals surface area contributed by atoms with Gasteiger partial charge >= 0.3 is 5.92 Å². The van der Waals surface area contributed by atoms with Crippen LogP contribution in [0.3, 0.4) is 0 Å². The highest BCUT2D eigenvalue weighted by Gasteiger charge is 2.32. The van der Waals surface area contributed by atoms with Gasteiger partial charge in [0.15, 0.2) is 6.61 Å². The maximum absolute atomic E-state index is 14.3. The van der Waals surface area contributed by atoms with Crippen LogP contribution in [0.15, 0.2) is 72.8 Å². The lowest BCUT2D eigenvalue weighted by Crippen LogP contribution is -2.32. The first-order chi connectivity index (χ1) is 16.3. The Morgan fingerprint density at radius 1 is 1.06 bits per heavy atom. The zero-order valence-electron chi connectivity index (χ0n) is 18.7. The first-order valence-electron chi connectivity index (χ1n) is 10.9. The summed E-state index contributed by atoms with van der Waals surface area (Å²) in [6.45, 7) is 1.49. The molecule has 34 heavy (non-hydrogen) atoms. The van der Waals surface area contributed by atoms with Crippen molar-refractivity contribution >= 4 is 12.1 Å². The van der Waals surface area contributed by atoms with Crippen molar-refractivity contribution in [1.82, 2.24) is 5.32 Å². The average molecular weight is 471 g/mol. The van der Waals surface area contributed by atoms with Crippen LogP contribution in [-0.2, 0) is 17.1 Å². The molecule has 0 saturated carbocycles. The molecule has 0 fully saturated rings. The number of phenolic OH excluding ortho intramolecular Hbond substituents is 1. The number of hydrogen-bond donors (Lipinski definition) is 4. The van der Waals surface area contributed by atoms with E-state index in [0.29, 0.717) is 24.1 Å². The van der Waals surface area contributed by atoms with E-state index in [9.17, 15) is 23.8 Å². The van der Waals surface area contributed by atoms with E-state index >= 15 is 0 Å². The van der Waals surface area contributed by atoms with Crippen LogP contribution in [0, 0.1) is 0 Å². The van der Waals surface area contributed by atoms with Crippen molar-refractivity contribution in [3.05, 3.63) is 89.5 Å². The van der Waals surface area contributed by atoms with E-state index < -0.39 is 18.6 Å². The number of hydrogen-bond acceptors (Lipinski definition) is 5. The number of aliphatic hydroxyl groups is 1. The Morgan fingerprint density at radius 2 is 1.76 bits per heavy atom. The van der Waals surface area contributed by atoms with Gasteiger partial charge in [0, 0.05) is 18.2 Å². The molecule has 180 valence electrons. The molecule has 6 nitrogen and oxygen atoms in total. The molecule has 3 rings (SSSR count). The Hall–Kier alpha value is -3.49. The van der Waals surface area contributed by atoms with Gasteiger partial charge in [0.2, 0.25) is 6.41 Å². The lowest BCUT2D eigenvalue weighted by molar-refractivity contribution is -0.105. The van der Waals surface area contributed by atoms with Crippen LogP contribution < -0.4 is 15.4 Å². The maximum Gasteiger partial charge on any atom is 0.306 e. The van der Waals surface area contributed by atoms with Crippen LogP contribution >= 0.6 is 0 Å². The summed E-state index contributed by atoms with van der Waals surface area (Å²) in [6, 6.07) is 19.1. The van der Waals surface area contributed by atoms with E-state index in [1.54, 1.807) is 36.4 Å². The number of rotatable bonds is 12. The van der Waals surface area contributed by atoms with Crippen LogP contribution in [-0.4, -0.2) is 35.8 Å². The average Bonchev–Trinajstić information content (AvgIpc) is 2.84. The van der Waals surface area contributed by atoms with E-state index in [2.05, 4.69) is 10.6 Å². The number of benzene rings is 3. The fraction of sp³-hybridized carbons (Fsp3) is 0.269. The van der Waals surface area contributed by atoms with Crippen molar-refractivity contribution in [3.8, 4) is 11.5 Å². The zero-order chi connectivity index (χ0) is 24.6. The predicted molar refractivity (Wildman–Crippen MR) is 126 cm³/mol. The van der Waals surface area contributed by atoms with Gasteiger partial charge in [-0.2, -0.15) is 8.78 Å². The third kappa shape index (κ3) is 7.00. The van der Waals surface area contributed by atoms with E-state index in [1.165, 1.54) is 24.3 Å². The molecule has 0 aliphatic rings. The molecule has 0 heterocycles. The van der Waals surface area contributed by atoms with Crippen LogP contribution in [0.2, 0.25) is 0 Å². The SMILES string of the molecule is CC(Cc1ccc(OCC(F)(F)c2ccccc2)cc1)NCC(O)c1ccc(O)c(NC=O)c1. The molecule has 0 radical (unpaired) electrons. The van der Waals surface area contributed by atoms with Crippen molar-refractivity contribution in [2.45, 2.75) is 31.4 Å². The smallest absolute Gasteiger partial charge is 0.306 e. The van der Waals surface area contributed by atoms with Crippen LogP contribution in [0.4, 0.5) is 14.5 Å². The van der Waals surface area contributed by atoms with E-state index in [1.807, 2.05) is 19.1 Å². The second-order valence-electron chi connectivity index (χ2n) is 8.07. The third-order valence-corrected chi connectivity index (χ3v) is 5.36. The molecule has 1 amide bonds. The molecule has 0 aromatic heterocycles. The molecule has 0 bridgehead atoms. The quantitative estimate of drug-likeness (QED) is 0.233. The van der Waals surface area contributed by atoms with Crippen molar-refractivity contribution in [2.24, 2.45) is 0 Å². The Labute approximate surface area is 197 Å². The summed E-state index contributed by atoms with van der Waals surface area (Å²) < 4.78 is 33.8. The largest absolute Gasteiger partial charge is 0.506 e. The highest BCUT2D eigenvalue weighted by Crippen LogP contribution is 2.29. The first kappa shape index (κ1) is 25.1. The highest BCUT2D eigenvalue weighted by molar-refractivity contribution is 5.75.